The minimum Gasteiger partial charge on any atom is -0.490 e. The summed E-state index contributed by atoms with van der Waals surface area (Å²) in [6, 6.07) is 8.34. The van der Waals surface area contributed by atoms with Crippen molar-refractivity contribution in [1.82, 2.24) is 10.2 Å². The molecule has 11 heteroatoms. The molecule has 2 aromatic carbocycles. The van der Waals surface area contributed by atoms with E-state index >= 15 is 0 Å². The van der Waals surface area contributed by atoms with Gasteiger partial charge in [0.15, 0.2) is 6.61 Å². The lowest BCUT2D eigenvalue weighted by Gasteiger charge is -2.33. The summed E-state index contributed by atoms with van der Waals surface area (Å²) in [5.41, 5.74) is 0.307. The van der Waals surface area contributed by atoms with Crippen LogP contribution in [-0.4, -0.2) is 47.4 Å². The van der Waals surface area contributed by atoms with Crippen molar-refractivity contribution >= 4 is 40.7 Å². The summed E-state index contributed by atoms with van der Waals surface area (Å²) in [5, 5.41) is 15.0. The third kappa shape index (κ3) is 7.49. The fourth-order valence-corrected chi connectivity index (χ4v) is 4.96. The Bertz CT molecular complexity index is 1100. The average Bonchev–Trinajstić information content (AvgIpc) is 2.89. The van der Waals surface area contributed by atoms with Gasteiger partial charge < -0.3 is 19.7 Å². The second-order valence-electron chi connectivity index (χ2n) is 8.87. The van der Waals surface area contributed by atoms with Crippen LogP contribution in [0.1, 0.15) is 51.0 Å². The van der Waals surface area contributed by atoms with E-state index in [-0.39, 0.29) is 35.7 Å². The number of hydrogen-bond acceptors (Lipinski definition) is 6. The standard InChI is InChI=1S/C26H31Cl2N3O6/c1-3-22(26(33)29-17-8-5-4-6-9-17)30(15-19-20(27)10-7-11-21(19)28)25(32)16-37-18-12-13-23(31(34)35)24(14-18)36-2/h7,10-14,17,22H,3-6,8-9,15-16H2,1-2H3,(H,29,33)/t22-/m0/s1. The molecule has 37 heavy (non-hydrogen) atoms. The number of carbonyl (C=O) groups excluding carboxylic acids is 2. The molecule has 200 valence electrons. The first-order valence-corrected chi connectivity index (χ1v) is 13.0. The molecule has 0 spiro atoms. The van der Waals surface area contributed by atoms with Crippen LogP contribution in [0.2, 0.25) is 10.0 Å². The molecule has 1 N–H and O–H groups in total. The molecule has 0 saturated heterocycles. The molecule has 1 aliphatic carbocycles. The minimum atomic E-state index is -0.767. The predicted molar refractivity (Wildman–Crippen MR) is 141 cm³/mol. The number of nitro benzene ring substituents is 1. The first-order valence-electron chi connectivity index (χ1n) is 12.2. The van der Waals surface area contributed by atoms with Crippen molar-refractivity contribution in [3.63, 3.8) is 0 Å². The zero-order chi connectivity index (χ0) is 26.9. The third-order valence-electron chi connectivity index (χ3n) is 6.44. The average molecular weight is 552 g/mol. The largest absolute Gasteiger partial charge is 0.490 e. The van der Waals surface area contributed by atoms with Crippen LogP contribution in [0.3, 0.4) is 0 Å². The maximum atomic E-state index is 13.5. The van der Waals surface area contributed by atoms with Crippen LogP contribution < -0.4 is 14.8 Å². The van der Waals surface area contributed by atoms with E-state index in [1.54, 1.807) is 18.2 Å². The Hall–Kier alpha value is -3.04. The van der Waals surface area contributed by atoms with E-state index in [9.17, 15) is 19.7 Å². The number of methoxy groups -OCH3 is 1. The maximum absolute atomic E-state index is 13.5. The number of nitro groups is 1. The molecule has 0 aromatic heterocycles. The molecule has 2 aromatic rings. The van der Waals surface area contributed by atoms with Gasteiger partial charge in [0.1, 0.15) is 11.8 Å². The molecule has 0 unspecified atom stereocenters. The number of nitrogens with one attached hydrogen (secondary N) is 1. The molecular formula is C26H31Cl2N3O6. The van der Waals surface area contributed by atoms with Gasteiger partial charge in [-0.05, 0) is 37.5 Å². The Morgan fingerprint density at radius 3 is 2.43 bits per heavy atom. The van der Waals surface area contributed by atoms with Crippen LogP contribution in [0.15, 0.2) is 36.4 Å². The molecule has 0 heterocycles. The summed E-state index contributed by atoms with van der Waals surface area (Å²) in [7, 11) is 1.31. The highest BCUT2D eigenvalue weighted by Crippen LogP contribution is 2.31. The molecule has 1 aliphatic rings. The summed E-state index contributed by atoms with van der Waals surface area (Å²) in [6.45, 7) is 1.44. The van der Waals surface area contributed by atoms with Gasteiger partial charge in [0, 0.05) is 40.3 Å². The molecule has 1 saturated carbocycles. The Kier molecular flexibility index (Phi) is 10.4. The summed E-state index contributed by atoms with van der Waals surface area (Å²) in [4.78, 5) is 38.8. The zero-order valence-corrected chi connectivity index (χ0v) is 22.4. The minimum absolute atomic E-state index is 0.00736. The summed E-state index contributed by atoms with van der Waals surface area (Å²) < 4.78 is 10.7. The zero-order valence-electron chi connectivity index (χ0n) is 20.9. The molecule has 2 amide bonds. The van der Waals surface area contributed by atoms with Crippen LogP contribution in [-0.2, 0) is 16.1 Å². The van der Waals surface area contributed by atoms with Crippen molar-refractivity contribution in [3.05, 3.63) is 62.1 Å². The Labute approximate surface area is 226 Å². The molecule has 0 radical (unpaired) electrons. The Balaban J connectivity index is 1.82. The van der Waals surface area contributed by atoms with Gasteiger partial charge in [0.2, 0.25) is 11.7 Å². The van der Waals surface area contributed by atoms with Crippen molar-refractivity contribution in [3.8, 4) is 11.5 Å². The number of nitrogens with zero attached hydrogens (tertiary/aromatic N) is 2. The van der Waals surface area contributed by atoms with Crippen LogP contribution in [0.5, 0.6) is 11.5 Å². The molecular weight excluding hydrogens is 521 g/mol. The molecule has 9 nitrogen and oxygen atoms in total. The fraction of sp³-hybridized carbons (Fsp3) is 0.462. The van der Waals surface area contributed by atoms with E-state index in [2.05, 4.69) is 5.32 Å². The first kappa shape index (κ1) is 28.5. The van der Waals surface area contributed by atoms with Gasteiger partial charge in [-0.1, -0.05) is 55.5 Å². The predicted octanol–water partition coefficient (Wildman–Crippen LogP) is 5.55. The number of carbonyl (C=O) groups is 2. The summed E-state index contributed by atoms with van der Waals surface area (Å²) in [6.07, 6.45) is 5.48. The molecule has 0 bridgehead atoms. The van der Waals surface area contributed by atoms with Gasteiger partial charge in [0.05, 0.1) is 12.0 Å². The first-order chi connectivity index (χ1) is 17.7. The van der Waals surface area contributed by atoms with Crippen LogP contribution in [0, 0.1) is 10.1 Å². The number of ether oxygens (including phenoxy) is 2. The van der Waals surface area contributed by atoms with Crippen molar-refractivity contribution in [2.24, 2.45) is 0 Å². The molecule has 1 atom stereocenters. The van der Waals surface area contributed by atoms with Gasteiger partial charge in [-0.15, -0.1) is 0 Å². The van der Waals surface area contributed by atoms with Gasteiger partial charge >= 0.3 is 5.69 Å². The highest BCUT2D eigenvalue weighted by molar-refractivity contribution is 6.36. The van der Waals surface area contributed by atoms with Crippen molar-refractivity contribution in [2.45, 2.75) is 64.1 Å². The maximum Gasteiger partial charge on any atom is 0.311 e. The van der Waals surface area contributed by atoms with Gasteiger partial charge in [-0.3, -0.25) is 19.7 Å². The quantitative estimate of drug-likeness (QED) is 0.289. The highest BCUT2D eigenvalue weighted by atomic mass is 35.5. The number of halogens is 2. The van der Waals surface area contributed by atoms with E-state index in [0.717, 1.165) is 32.1 Å². The smallest absolute Gasteiger partial charge is 0.311 e. The van der Waals surface area contributed by atoms with E-state index in [1.807, 2.05) is 6.92 Å². The molecule has 0 aliphatic heterocycles. The number of hydrogen-bond donors (Lipinski definition) is 1. The SMILES string of the molecule is CC[C@@H](C(=O)NC1CCCCC1)N(Cc1c(Cl)cccc1Cl)C(=O)COc1ccc([N+](=O)[O-])c(OC)c1. The van der Waals surface area contributed by atoms with E-state index in [1.165, 1.54) is 30.2 Å². The number of benzene rings is 2. The van der Waals surface area contributed by atoms with Crippen molar-refractivity contribution in [2.75, 3.05) is 13.7 Å². The highest BCUT2D eigenvalue weighted by Gasteiger charge is 2.31. The lowest BCUT2D eigenvalue weighted by molar-refractivity contribution is -0.385. The van der Waals surface area contributed by atoms with E-state index < -0.39 is 23.5 Å². The molecule has 1 fully saturated rings. The number of rotatable bonds is 11. The normalized spacial score (nSPS) is 14.5. The second-order valence-corrected chi connectivity index (χ2v) is 9.68. The monoisotopic (exact) mass is 551 g/mol. The van der Waals surface area contributed by atoms with Crippen molar-refractivity contribution < 1.29 is 24.0 Å². The van der Waals surface area contributed by atoms with Crippen LogP contribution >= 0.6 is 23.2 Å². The topological polar surface area (TPSA) is 111 Å². The van der Waals surface area contributed by atoms with Crippen molar-refractivity contribution in [1.29, 1.82) is 0 Å². The summed E-state index contributed by atoms with van der Waals surface area (Å²) in [5.74, 6) is -0.471. The van der Waals surface area contributed by atoms with Crippen LogP contribution in [0.25, 0.3) is 0 Å². The molecule has 3 rings (SSSR count). The van der Waals surface area contributed by atoms with Gasteiger partial charge in [-0.25, -0.2) is 0 Å². The number of amides is 2. The second kappa shape index (κ2) is 13.5. The lowest BCUT2D eigenvalue weighted by Crippen LogP contribution is -2.52. The van der Waals surface area contributed by atoms with Crippen LogP contribution in [0.4, 0.5) is 5.69 Å². The third-order valence-corrected chi connectivity index (χ3v) is 7.15. The van der Waals surface area contributed by atoms with E-state index in [0.29, 0.717) is 22.0 Å². The summed E-state index contributed by atoms with van der Waals surface area (Å²) >= 11 is 12.8. The Morgan fingerprint density at radius 1 is 1.16 bits per heavy atom. The van der Waals surface area contributed by atoms with Gasteiger partial charge in [-0.2, -0.15) is 0 Å². The van der Waals surface area contributed by atoms with E-state index in [4.69, 9.17) is 32.7 Å². The lowest BCUT2D eigenvalue weighted by atomic mass is 9.95. The Morgan fingerprint density at radius 2 is 1.84 bits per heavy atom. The fourth-order valence-electron chi connectivity index (χ4n) is 4.44. The van der Waals surface area contributed by atoms with Gasteiger partial charge in [0.25, 0.3) is 5.91 Å².